The van der Waals surface area contributed by atoms with Gasteiger partial charge in [0.05, 0.1) is 6.04 Å². The molecule has 2 amide bonds. The van der Waals surface area contributed by atoms with Crippen LogP contribution in [0.25, 0.3) is 0 Å². The van der Waals surface area contributed by atoms with Crippen molar-refractivity contribution >= 4 is 25.1 Å². The number of benzene rings is 2. The van der Waals surface area contributed by atoms with Crippen LogP contribution < -0.4 is 10.4 Å². The van der Waals surface area contributed by atoms with E-state index < -0.39 is 31.4 Å². The fourth-order valence-corrected chi connectivity index (χ4v) is 10.9. The van der Waals surface area contributed by atoms with Crippen LogP contribution in [0, 0.1) is 0 Å². The summed E-state index contributed by atoms with van der Waals surface area (Å²) in [5, 5.41) is 16.5. The number of hydrogen-bond donors (Lipinski definition) is 3. The molecule has 2 aliphatic heterocycles. The van der Waals surface area contributed by atoms with E-state index in [-0.39, 0.29) is 11.8 Å². The molecule has 2 aliphatic carbocycles. The zero-order chi connectivity index (χ0) is 34.6. The molecule has 9 nitrogen and oxygen atoms in total. The molecule has 3 N–H and O–H groups in total. The first-order valence-electron chi connectivity index (χ1n) is 18.8. The number of carbonyl (C=O) groups excluding carboxylic acids is 2. The van der Waals surface area contributed by atoms with Gasteiger partial charge in [-0.15, -0.1) is 0 Å². The van der Waals surface area contributed by atoms with E-state index in [0.29, 0.717) is 51.1 Å². The van der Waals surface area contributed by atoms with E-state index in [1.165, 1.54) is 69.1 Å². The lowest BCUT2D eigenvalue weighted by Gasteiger charge is -2.32. The highest BCUT2D eigenvalue weighted by Crippen LogP contribution is 2.49. The van der Waals surface area contributed by atoms with E-state index in [1.54, 1.807) is 11.8 Å². The predicted molar refractivity (Wildman–Crippen MR) is 194 cm³/mol. The van der Waals surface area contributed by atoms with Crippen molar-refractivity contribution in [3.8, 4) is 0 Å². The molecule has 2 aromatic rings. The molecule has 0 bridgehead atoms. The van der Waals surface area contributed by atoms with Crippen LogP contribution in [0.15, 0.2) is 60.7 Å². The van der Waals surface area contributed by atoms with Crippen molar-refractivity contribution < 1.29 is 24.1 Å². The molecular weight excluding hydrogens is 635 g/mol. The Morgan fingerprint density at radius 2 is 1.16 bits per heavy atom. The summed E-state index contributed by atoms with van der Waals surface area (Å²) in [5.74, 6) is -1.58. The summed E-state index contributed by atoms with van der Waals surface area (Å²) in [4.78, 5) is 41.3. The Hall–Kier alpha value is -3.00. The van der Waals surface area contributed by atoms with E-state index in [4.69, 9.17) is 0 Å². The van der Waals surface area contributed by atoms with E-state index >= 15 is 0 Å². The number of carboxylic acid groups (broad SMARTS) is 1. The Morgan fingerprint density at radius 1 is 0.694 bits per heavy atom. The van der Waals surface area contributed by atoms with Gasteiger partial charge in [-0.05, 0) is 69.4 Å². The number of hydrogen-bond acceptors (Lipinski definition) is 5. The van der Waals surface area contributed by atoms with Crippen molar-refractivity contribution in [1.82, 2.24) is 20.2 Å². The summed E-state index contributed by atoms with van der Waals surface area (Å²) in [6.07, 6.45) is 17.4. The SMILES string of the molecule is C1CCC(NC2CCCCC2)CC1.C[C@H](NP(=O)(Cc1ccccc1)Cc1ccccc1)C(=O)N1CCC[C@H]1C(=O)N1CCC[C@H]1C(=O)O. The van der Waals surface area contributed by atoms with Crippen molar-refractivity contribution in [3.63, 3.8) is 0 Å². The molecule has 4 aliphatic rings. The van der Waals surface area contributed by atoms with Gasteiger partial charge in [-0.2, -0.15) is 0 Å². The molecule has 6 rings (SSSR count). The second-order valence-corrected chi connectivity index (χ2v) is 17.3. The molecule has 2 saturated carbocycles. The molecule has 268 valence electrons. The summed E-state index contributed by atoms with van der Waals surface area (Å²) >= 11 is 0. The zero-order valence-corrected chi connectivity index (χ0v) is 30.2. The van der Waals surface area contributed by atoms with Crippen LogP contribution in [0.4, 0.5) is 0 Å². The topological polar surface area (TPSA) is 119 Å². The molecule has 0 aromatic heterocycles. The summed E-state index contributed by atoms with van der Waals surface area (Å²) in [6.45, 7) is 2.51. The van der Waals surface area contributed by atoms with Crippen LogP contribution in [0.1, 0.15) is 108 Å². The van der Waals surface area contributed by atoms with Crippen LogP contribution in [0.2, 0.25) is 0 Å². The number of amides is 2. The lowest BCUT2D eigenvalue weighted by atomic mass is 9.91. The van der Waals surface area contributed by atoms with Gasteiger partial charge in [0, 0.05) is 37.5 Å². The van der Waals surface area contributed by atoms with Crippen molar-refractivity contribution in [2.75, 3.05) is 13.1 Å². The minimum Gasteiger partial charge on any atom is -0.480 e. The van der Waals surface area contributed by atoms with E-state index in [0.717, 1.165) is 23.2 Å². The van der Waals surface area contributed by atoms with Gasteiger partial charge in [0.15, 0.2) is 7.29 Å². The minimum absolute atomic E-state index is 0.279. The van der Waals surface area contributed by atoms with Gasteiger partial charge in [0.1, 0.15) is 12.1 Å². The molecule has 3 atom stereocenters. The molecule has 10 heteroatoms. The average Bonchev–Trinajstić information content (AvgIpc) is 3.81. The van der Waals surface area contributed by atoms with Crippen molar-refractivity contribution in [2.24, 2.45) is 0 Å². The molecule has 4 fully saturated rings. The third-order valence-corrected chi connectivity index (χ3v) is 13.3. The number of carbonyl (C=O) groups is 3. The van der Waals surface area contributed by atoms with E-state index in [2.05, 4.69) is 10.4 Å². The first-order valence-corrected chi connectivity index (χ1v) is 20.8. The predicted octanol–water partition coefficient (Wildman–Crippen LogP) is 6.95. The largest absolute Gasteiger partial charge is 0.480 e. The van der Waals surface area contributed by atoms with Gasteiger partial charge in [-0.1, -0.05) is 99.2 Å². The Kier molecular flexibility index (Phi) is 13.9. The lowest BCUT2D eigenvalue weighted by Crippen LogP contribution is -2.53. The number of nitrogens with one attached hydrogen (secondary N) is 2. The Morgan fingerprint density at radius 3 is 1.65 bits per heavy atom. The second kappa shape index (κ2) is 18.3. The van der Waals surface area contributed by atoms with Gasteiger partial charge in [0.25, 0.3) is 0 Å². The monoisotopic (exact) mass is 692 g/mol. The molecule has 0 radical (unpaired) electrons. The highest BCUT2D eigenvalue weighted by Gasteiger charge is 2.43. The highest BCUT2D eigenvalue weighted by atomic mass is 31.2. The van der Waals surface area contributed by atoms with Crippen LogP contribution in [-0.4, -0.2) is 76.0 Å². The summed E-state index contributed by atoms with van der Waals surface area (Å²) in [7, 11) is -3.07. The number of rotatable bonds is 11. The number of nitrogens with zero attached hydrogens (tertiary/aromatic N) is 2. The van der Waals surface area contributed by atoms with Crippen LogP contribution in [-0.2, 0) is 31.3 Å². The minimum atomic E-state index is -3.07. The Labute approximate surface area is 293 Å². The molecule has 2 aromatic carbocycles. The fourth-order valence-electron chi connectivity index (χ4n) is 8.20. The van der Waals surface area contributed by atoms with Gasteiger partial charge in [-0.25, -0.2) is 4.79 Å². The van der Waals surface area contributed by atoms with E-state index in [9.17, 15) is 24.1 Å². The quantitative estimate of drug-likeness (QED) is 0.218. The van der Waals surface area contributed by atoms with Crippen LogP contribution in [0.5, 0.6) is 0 Å². The van der Waals surface area contributed by atoms with Crippen LogP contribution in [0.3, 0.4) is 0 Å². The van der Waals surface area contributed by atoms with Gasteiger partial charge in [-0.3, -0.25) is 14.7 Å². The molecule has 0 spiro atoms. The first-order chi connectivity index (χ1) is 23.7. The molecule has 49 heavy (non-hydrogen) atoms. The van der Waals surface area contributed by atoms with E-state index in [1.807, 2.05) is 60.7 Å². The van der Waals surface area contributed by atoms with Gasteiger partial charge in [0.2, 0.25) is 11.8 Å². The molecule has 2 heterocycles. The van der Waals surface area contributed by atoms with Gasteiger partial charge >= 0.3 is 5.97 Å². The average molecular weight is 693 g/mol. The maximum absolute atomic E-state index is 14.2. The number of aliphatic carboxylic acids is 1. The maximum atomic E-state index is 14.2. The van der Waals surface area contributed by atoms with Crippen LogP contribution >= 0.6 is 7.29 Å². The third-order valence-electron chi connectivity index (χ3n) is 10.7. The first kappa shape index (κ1) is 37.3. The highest BCUT2D eigenvalue weighted by molar-refractivity contribution is 7.60. The Balaban J connectivity index is 0.000000299. The van der Waals surface area contributed by atoms with Crippen molar-refractivity contribution in [1.29, 1.82) is 0 Å². The molecular formula is C39H57N4O5P. The second-order valence-electron chi connectivity index (χ2n) is 14.6. The third kappa shape index (κ3) is 10.7. The Bertz CT molecular complexity index is 1340. The van der Waals surface area contributed by atoms with Gasteiger partial charge < -0.3 is 24.8 Å². The maximum Gasteiger partial charge on any atom is 0.326 e. The molecule has 0 unspecified atom stereocenters. The summed E-state index contributed by atoms with van der Waals surface area (Å²) < 4.78 is 14.2. The standard InChI is InChI=1S/C27H34N3O5P.C12H23N/c1-20(25(31)29-16-8-14-23(29)26(32)30-17-9-15-24(30)27(33)34)28-36(35,18-21-10-4-2-5-11-21)19-22-12-6-3-7-13-22;1-3-7-11(8-4-1)13-12-9-5-2-6-10-12/h2-7,10-13,20,23-24H,8-9,14-19H2,1H3,(H,28,35)(H,33,34);11-13H,1-10H2/t20-,23-,24-;/m0./s1. The number of likely N-dealkylation sites (tertiary alicyclic amines) is 2. The normalized spacial score (nSPS) is 22.7. The summed E-state index contributed by atoms with van der Waals surface area (Å²) in [5.41, 5.74) is 1.85. The van der Waals surface area contributed by atoms with Crippen molar-refractivity contribution in [2.45, 2.75) is 139 Å². The fraction of sp³-hybridized carbons (Fsp3) is 0.615. The lowest BCUT2D eigenvalue weighted by molar-refractivity contribution is -0.152. The smallest absolute Gasteiger partial charge is 0.326 e. The number of carboxylic acids is 1. The molecule has 2 saturated heterocycles. The zero-order valence-electron chi connectivity index (χ0n) is 29.3. The van der Waals surface area contributed by atoms with Crippen molar-refractivity contribution in [3.05, 3.63) is 71.8 Å². The summed E-state index contributed by atoms with van der Waals surface area (Å²) in [6, 6.07) is 18.6.